The second-order valence-corrected chi connectivity index (χ2v) is 10.2. The Morgan fingerprint density at radius 1 is 1.17 bits per heavy atom. The number of hydrogen-bond donors (Lipinski definition) is 1. The quantitative estimate of drug-likeness (QED) is 0.743. The molecule has 1 aromatic heterocycles. The molecule has 0 aromatic carbocycles. The lowest BCUT2D eigenvalue weighted by atomic mass is 9.91. The molecule has 1 N–H and O–H groups in total. The van der Waals surface area contributed by atoms with Gasteiger partial charge in [0.25, 0.3) is 5.91 Å². The number of fused-ring (bicyclic) bond motifs is 1. The predicted octanol–water partition coefficient (Wildman–Crippen LogP) is 4.50. The van der Waals surface area contributed by atoms with E-state index >= 15 is 0 Å². The van der Waals surface area contributed by atoms with Crippen LogP contribution < -0.4 is 5.32 Å². The normalized spacial score (nSPS) is 23.4. The number of amides is 2. The zero-order chi connectivity index (χ0) is 21.9. The number of rotatable bonds is 6. The first-order valence-corrected chi connectivity index (χ1v) is 11.9. The minimum atomic E-state index is -0.915. The highest BCUT2D eigenvalue weighted by Gasteiger charge is 2.48. The van der Waals surface area contributed by atoms with Crippen LogP contribution in [0.5, 0.6) is 0 Å². The van der Waals surface area contributed by atoms with Gasteiger partial charge in [-0.15, -0.1) is 0 Å². The third kappa shape index (κ3) is 4.89. The number of nitrogens with zero attached hydrogens (tertiary/aromatic N) is 3. The van der Waals surface area contributed by atoms with Crippen molar-refractivity contribution in [3.05, 3.63) is 17.5 Å². The van der Waals surface area contributed by atoms with Crippen LogP contribution in [-0.4, -0.2) is 44.6 Å². The number of carbonyl (C=O) groups is 2. The fraction of sp³-hybridized carbons (Fsp3) is 0.792. The van der Waals surface area contributed by atoms with Crippen molar-refractivity contribution in [2.45, 2.75) is 110 Å². The standard InChI is InChI=1S/C24H40N4O2/c1-17(2)13-14-27-22(29)21-15-20(18(3)4)26-28(21)16-24(27,5)23(30)25-19-11-9-7-6-8-10-12-19/h15,17-19H,6-14,16H2,1-5H3,(H,25,30). The zero-order valence-electron chi connectivity index (χ0n) is 19.5. The van der Waals surface area contributed by atoms with Gasteiger partial charge < -0.3 is 10.2 Å². The van der Waals surface area contributed by atoms with Crippen molar-refractivity contribution < 1.29 is 9.59 Å². The van der Waals surface area contributed by atoms with Gasteiger partial charge in [-0.2, -0.15) is 5.10 Å². The highest BCUT2D eigenvalue weighted by atomic mass is 16.2. The predicted molar refractivity (Wildman–Crippen MR) is 119 cm³/mol. The lowest BCUT2D eigenvalue weighted by Crippen LogP contribution is -2.65. The maximum Gasteiger partial charge on any atom is 0.273 e. The largest absolute Gasteiger partial charge is 0.351 e. The summed E-state index contributed by atoms with van der Waals surface area (Å²) in [5.41, 5.74) is 0.604. The highest BCUT2D eigenvalue weighted by molar-refractivity contribution is 5.99. The Balaban J connectivity index is 1.86. The number of aromatic nitrogens is 2. The first kappa shape index (κ1) is 22.8. The van der Waals surface area contributed by atoms with Crippen molar-refractivity contribution >= 4 is 11.8 Å². The summed E-state index contributed by atoms with van der Waals surface area (Å²) in [6, 6.07) is 2.11. The molecule has 3 rings (SSSR count). The molecule has 2 heterocycles. The molecule has 1 aliphatic heterocycles. The number of carbonyl (C=O) groups excluding carboxylic acids is 2. The smallest absolute Gasteiger partial charge is 0.273 e. The van der Waals surface area contributed by atoms with Crippen LogP contribution in [0.4, 0.5) is 0 Å². The van der Waals surface area contributed by atoms with Crippen molar-refractivity contribution in [3.8, 4) is 0 Å². The van der Waals surface area contributed by atoms with Crippen molar-refractivity contribution in [1.82, 2.24) is 20.0 Å². The van der Waals surface area contributed by atoms with Crippen LogP contribution in [0.2, 0.25) is 0 Å². The molecule has 30 heavy (non-hydrogen) atoms. The second-order valence-electron chi connectivity index (χ2n) is 10.2. The minimum absolute atomic E-state index is 0.0302. The van der Waals surface area contributed by atoms with Crippen LogP contribution in [0.3, 0.4) is 0 Å². The number of nitrogens with one attached hydrogen (secondary N) is 1. The van der Waals surface area contributed by atoms with Gasteiger partial charge >= 0.3 is 0 Å². The van der Waals surface area contributed by atoms with Gasteiger partial charge in [0, 0.05) is 12.6 Å². The minimum Gasteiger partial charge on any atom is -0.351 e. The summed E-state index contributed by atoms with van der Waals surface area (Å²) in [5, 5.41) is 7.99. The van der Waals surface area contributed by atoms with Gasteiger partial charge in [0.15, 0.2) is 0 Å². The first-order chi connectivity index (χ1) is 14.2. The fourth-order valence-electron chi connectivity index (χ4n) is 4.62. The Labute approximate surface area is 181 Å². The average Bonchev–Trinajstić information content (AvgIpc) is 3.07. The van der Waals surface area contributed by atoms with Crippen LogP contribution in [0.25, 0.3) is 0 Å². The van der Waals surface area contributed by atoms with E-state index < -0.39 is 5.54 Å². The Kier molecular flexibility index (Phi) is 7.25. The maximum atomic E-state index is 13.6. The molecule has 1 unspecified atom stereocenters. The van der Waals surface area contributed by atoms with E-state index in [-0.39, 0.29) is 23.8 Å². The second kappa shape index (κ2) is 9.52. The van der Waals surface area contributed by atoms with E-state index in [1.807, 2.05) is 17.9 Å². The first-order valence-electron chi connectivity index (χ1n) is 11.9. The molecule has 2 amide bonds. The summed E-state index contributed by atoms with van der Waals surface area (Å²) in [6.07, 6.45) is 9.07. The Bertz CT molecular complexity index is 746. The van der Waals surface area contributed by atoms with Crippen LogP contribution >= 0.6 is 0 Å². The Morgan fingerprint density at radius 3 is 2.40 bits per heavy atom. The lowest BCUT2D eigenvalue weighted by Gasteiger charge is -2.44. The summed E-state index contributed by atoms with van der Waals surface area (Å²) < 4.78 is 1.77. The molecule has 0 spiro atoms. The summed E-state index contributed by atoms with van der Waals surface area (Å²) >= 11 is 0. The van der Waals surface area contributed by atoms with E-state index in [1.54, 1.807) is 4.68 Å². The molecule has 1 atom stereocenters. The molecule has 0 radical (unpaired) electrons. The van der Waals surface area contributed by atoms with Crippen molar-refractivity contribution in [2.24, 2.45) is 5.92 Å². The molecule has 2 aliphatic rings. The highest BCUT2D eigenvalue weighted by Crippen LogP contribution is 2.30. The molecule has 1 aromatic rings. The molecular weight excluding hydrogens is 376 g/mol. The van der Waals surface area contributed by atoms with E-state index in [2.05, 4.69) is 38.1 Å². The van der Waals surface area contributed by atoms with Crippen LogP contribution in [-0.2, 0) is 11.3 Å². The van der Waals surface area contributed by atoms with Gasteiger partial charge in [-0.25, -0.2) is 0 Å². The van der Waals surface area contributed by atoms with E-state index in [0.29, 0.717) is 24.7 Å². The summed E-state index contributed by atoms with van der Waals surface area (Å²) in [7, 11) is 0. The van der Waals surface area contributed by atoms with Gasteiger partial charge in [0.05, 0.1) is 12.2 Å². The third-order valence-corrected chi connectivity index (χ3v) is 6.77. The van der Waals surface area contributed by atoms with E-state index in [1.165, 1.54) is 32.1 Å². The van der Waals surface area contributed by atoms with Crippen LogP contribution in [0.1, 0.15) is 108 Å². The molecule has 6 nitrogen and oxygen atoms in total. The van der Waals surface area contributed by atoms with Gasteiger partial charge in [-0.05, 0) is 44.1 Å². The van der Waals surface area contributed by atoms with E-state index in [4.69, 9.17) is 0 Å². The fourth-order valence-corrected chi connectivity index (χ4v) is 4.62. The summed E-state index contributed by atoms with van der Waals surface area (Å²) in [5.74, 6) is 0.609. The molecule has 6 heteroatoms. The van der Waals surface area contributed by atoms with E-state index in [0.717, 1.165) is 25.0 Å². The molecule has 0 bridgehead atoms. The number of hydrogen-bond acceptors (Lipinski definition) is 3. The van der Waals surface area contributed by atoms with Crippen molar-refractivity contribution in [3.63, 3.8) is 0 Å². The summed E-state index contributed by atoms with van der Waals surface area (Å²) in [4.78, 5) is 28.9. The van der Waals surface area contributed by atoms with Crippen molar-refractivity contribution in [1.29, 1.82) is 0 Å². The summed E-state index contributed by atoms with van der Waals surface area (Å²) in [6.45, 7) is 11.4. The monoisotopic (exact) mass is 416 g/mol. The SMILES string of the molecule is CC(C)CCN1C(=O)c2cc(C(C)C)nn2CC1(C)C(=O)NC1CCCCCCC1. The topological polar surface area (TPSA) is 67.2 Å². The van der Waals surface area contributed by atoms with E-state index in [9.17, 15) is 9.59 Å². The Hall–Kier alpha value is -1.85. The van der Waals surface area contributed by atoms with Crippen LogP contribution in [0.15, 0.2) is 6.07 Å². The molecule has 0 saturated heterocycles. The van der Waals surface area contributed by atoms with Gasteiger partial charge in [0.1, 0.15) is 11.2 Å². The molecule has 1 fully saturated rings. The Morgan fingerprint density at radius 2 is 1.80 bits per heavy atom. The third-order valence-electron chi connectivity index (χ3n) is 6.77. The zero-order valence-corrected chi connectivity index (χ0v) is 19.5. The molecule has 1 saturated carbocycles. The lowest BCUT2D eigenvalue weighted by molar-refractivity contribution is -0.134. The van der Waals surface area contributed by atoms with Crippen molar-refractivity contribution in [2.75, 3.05) is 6.54 Å². The van der Waals surface area contributed by atoms with Gasteiger partial charge in [-0.3, -0.25) is 14.3 Å². The maximum absolute atomic E-state index is 13.6. The average molecular weight is 417 g/mol. The van der Waals surface area contributed by atoms with Crippen LogP contribution in [0, 0.1) is 5.92 Å². The van der Waals surface area contributed by atoms with Gasteiger partial charge in [-0.1, -0.05) is 59.8 Å². The molecule has 1 aliphatic carbocycles. The molecule has 168 valence electrons. The molecular formula is C24H40N4O2. The van der Waals surface area contributed by atoms with Gasteiger partial charge in [0.2, 0.25) is 5.91 Å².